The van der Waals surface area contributed by atoms with Crippen molar-refractivity contribution in [2.45, 2.75) is 141 Å². The Kier molecular flexibility index (Phi) is 40.8. The van der Waals surface area contributed by atoms with E-state index in [0.29, 0.717) is 86.9 Å². The topological polar surface area (TPSA) is 710 Å². The van der Waals surface area contributed by atoms with Crippen LogP contribution in [0.1, 0.15) is 155 Å². The average Bonchev–Trinajstić information content (AvgIpc) is 1.65. The van der Waals surface area contributed by atoms with Crippen molar-refractivity contribution in [2.24, 2.45) is 71.6 Å². The van der Waals surface area contributed by atoms with E-state index < -0.39 is 56.7 Å². The van der Waals surface area contributed by atoms with Crippen molar-refractivity contribution >= 4 is 203 Å². The Morgan fingerprint density at radius 2 is 0.938 bits per heavy atom. The molecule has 14 aromatic heterocycles. The Morgan fingerprint density at radius 1 is 0.451 bits per heavy atom. The number of azo groups is 7. The number of thioether (sulfide) groups is 3. The van der Waals surface area contributed by atoms with Gasteiger partial charge in [0, 0.05) is 40.2 Å². The van der Waals surface area contributed by atoms with Crippen molar-refractivity contribution in [3.8, 4) is 22.5 Å². The molecule has 8 N–H and O–H groups in total. The highest BCUT2D eigenvalue weighted by Gasteiger charge is 2.29. The van der Waals surface area contributed by atoms with Crippen LogP contribution in [0.25, 0.3) is 22.5 Å². The van der Waals surface area contributed by atoms with Gasteiger partial charge in [-0.2, -0.15) is 13.1 Å². The molecular weight excluding hydrogens is 2070 g/mol. The van der Waals surface area contributed by atoms with Gasteiger partial charge >= 0.3 is 51.3 Å². The maximum atomic E-state index is 12.5. The highest BCUT2D eigenvalue weighted by molar-refractivity contribution is 8.01. The summed E-state index contributed by atoms with van der Waals surface area (Å²) in [7, 11) is 0. The molecule has 0 aliphatic heterocycles. The fourth-order valence-corrected chi connectivity index (χ4v) is 17.4. The predicted octanol–water partition coefficient (Wildman–Crippen LogP) is 22.7. The molecule has 144 heavy (non-hydrogen) atoms. The number of carbonyl (C=O) groups is 2. The first-order valence-corrected chi connectivity index (χ1v) is 50.8. The molecule has 14 heterocycles. The normalized spacial score (nSPS) is 11.6. The first-order valence-electron chi connectivity index (χ1n) is 42.2. The Bertz CT molecular complexity index is 7680. The number of aromatic amines is 7. The Hall–Kier alpha value is -15.0. The number of nitrogens with one attached hydrogen (secondary N) is 7. The van der Waals surface area contributed by atoms with Gasteiger partial charge in [-0.3, -0.25) is 0 Å². The molecule has 752 valence electrons. The molecule has 3 aromatic carbocycles. The molecule has 0 saturated carbocycles. The molecule has 61 heteroatoms. The number of aromatic nitrogens is 18. The lowest BCUT2D eigenvalue weighted by Crippen LogP contribution is -2.12. The highest BCUT2D eigenvalue weighted by atomic mass is 32.2. The lowest BCUT2D eigenvalue weighted by Gasteiger charge is -2.14. The van der Waals surface area contributed by atoms with E-state index in [1.54, 1.807) is 61.9 Å². The van der Waals surface area contributed by atoms with Crippen LogP contribution >= 0.6 is 115 Å². The summed E-state index contributed by atoms with van der Waals surface area (Å²) >= 11 is 13.0. The number of aryl methyl sites for hydroxylation is 3. The second-order valence-corrected chi connectivity index (χ2v) is 40.6. The molecule has 17 rings (SSSR count). The van der Waals surface area contributed by atoms with Gasteiger partial charge in [-0.05, 0) is 98.3 Å². The largest absolute Gasteiger partial charge is 0.462 e. The van der Waals surface area contributed by atoms with Crippen LogP contribution in [0, 0.1) is 20.8 Å². The second-order valence-electron chi connectivity index (χ2n) is 30.3. The molecule has 0 aliphatic rings. The number of aliphatic hydroxyl groups is 1. The number of ether oxygens (including phenoxy) is 2. The second kappa shape index (κ2) is 53.7. The zero-order valence-electron chi connectivity index (χ0n) is 78.5. The molecule has 0 spiro atoms. The van der Waals surface area contributed by atoms with E-state index >= 15 is 0 Å². The fraction of sp³-hybridized carbons (Fsp3) is 0.301. The number of esters is 2. The van der Waals surface area contributed by atoms with Gasteiger partial charge in [0.1, 0.15) is 32.5 Å². The number of hydrogen-bond donors (Lipinski definition) is 8. The van der Waals surface area contributed by atoms with E-state index in [-0.39, 0.29) is 87.2 Å². The third-order valence-corrected chi connectivity index (χ3v) is 25.5. The number of H-pyrrole nitrogens is 7. The summed E-state index contributed by atoms with van der Waals surface area (Å²) in [6.07, 6.45) is 0.510. The average molecular weight is 2160 g/mol. The van der Waals surface area contributed by atoms with Crippen LogP contribution in [-0.4, -0.2) is 144 Å². The SMILES string of the molecule is CC(C)(C)c1[nH]oc(=O)c1N=Nc1nncs1.CC(C)c1[nH]oc(=O)c1N=Nc1nnc(SCCO)s1.CCOC(=O)c1[nH]oc(=O)c1N=Nc1cc(SCC)ns1.CCOC(=O)c1c(-c2ccccc2)nsc1N=Nc1c(C(C)(C)C)[nH]oc1=O.CCSc1nnc(N=Nc2c(-c3ccccc3)[nH]oc2=O)s1.Cc1cc(N=Nc2c(C)[nH]oc2=O)sn1.Cc1nnc(N=Nc2c(Cc3ccccc3)[nH]oc2=O)s1. The van der Waals surface area contributed by atoms with Crippen molar-refractivity contribution in [2.75, 3.05) is 37.1 Å². The minimum atomic E-state index is -0.783. The molecule has 0 amide bonds. The Balaban J connectivity index is 0.000000161. The smallest absolute Gasteiger partial charge is 0.385 e. The number of benzene rings is 3. The van der Waals surface area contributed by atoms with Gasteiger partial charge in [0.05, 0.1) is 54.0 Å². The van der Waals surface area contributed by atoms with Crippen molar-refractivity contribution in [3.05, 3.63) is 238 Å². The van der Waals surface area contributed by atoms with Crippen molar-refractivity contribution in [1.82, 2.24) is 90.0 Å². The maximum Gasteiger partial charge on any atom is 0.385 e. The van der Waals surface area contributed by atoms with E-state index in [0.717, 1.165) is 71.3 Å². The standard InChI is InChI=1S/C19H20N4O4S.C13H11N5O2S2.C13H11N5O2S.C11H12N4O4S2.C10H13N5O3S2.C9H11N5O2S.C8H8N4O2S/c1-5-26-17(24)12-13(11-9-7-6-8-10-11)23-28-16(12)21-20-14-15(19(2,3)4)22-27-18(14)25;1-2-21-13-17-16-12(22-13)15-14-10-9(18-20-11(10)19)8-6-4-3-5-7-8;1-8-14-16-13(21-8)17-15-11-10(18-20-12(11)19)7-9-5-3-2-4-6-9;1-3-18-10(16)9-8(11(17)19-14-9)13-12-6-5-7(15-21-6)20-4-2;1-5(2)6-7(8(17)18-15-6)11-12-9-13-14-10(20-9)19-4-3-16;1-9(2,3)6-5(7(15)16-14-6)11-13-8-12-10-4-17-8;1-4-3-6(15-12-4)9-10-7-5(2)11-14-8(7)13/h6-10,22H,5H2,1-4H3;3-7,18H,2H2,1H3;2-6,18H,7H2,1H3;5,14H,3-4H2,1-2H3;5,15-16H,3-4H2,1-2H3;4,14H,1-3H3;3,11H,1-2H3. The molecule has 0 atom stereocenters. The number of rotatable bonds is 30. The van der Waals surface area contributed by atoms with Gasteiger partial charge in [-0.15, -0.1) is 124 Å². The van der Waals surface area contributed by atoms with Gasteiger partial charge in [0.2, 0.25) is 5.69 Å². The van der Waals surface area contributed by atoms with E-state index in [1.807, 2.05) is 174 Å². The molecule has 0 bridgehead atoms. The number of hydrogen-bond acceptors (Lipinski definition) is 54. The molecule has 51 nitrogen and oxygen atoms in total. The summed E-state index contributed by atoms with van der Waals surface area (Å²) in [6.45, 7) is 28.7. The quantitative estimate of drug-likeness (QED) is 0.0118. The first kappa shape index (κ1) is 109. The number of nitrogens with zero attached hydrogens (tertiary/aromatic N) is 25. The van der Waals surface area contributed by atoms with Crippen LogP contribution in [0.5, 0.6) is 0 Å². The van der Waals surface area contributed by atoms with Gasteiger partial charge in [-0.1, -0.05) is 229 Å². The summed E-state index contributed by atoms with van der Waals surface area (Å²) in [6, 6.07) is 31.8. The summed E-state index contributed by atoms with van der Waals surface area (Å²) in [5, 5.41) is 116. The van der Waals surface area contributed by atoms with E-state index in [2.05, 4.69) is 171 Å². The van der Waals surface area contributed by atoms with E-state index in [4.69, 9.17) is 37.2 Å². The van der Waals surface area contributed by atoms with Crippen molar-refractivity contribution in [1.29, 1.82) is 0 Å². The summed E-state index contributed by atoms with van der Waals surface area (Å²) in [5.41, 5.74) is 4.73. The Labute approximate surface area is 851 Å². The lowest BCUT2D eigenvalue weighted by molar-refractivity contribution is 0.0510. The van der Waals surface area contributed by atoms with Gasteiger partial charge in [-0.25, -0.2) is 79.2 Å². The minimum absolute atomic E-state index is 0.0666. The van der Waals surface area contributed by atoms with E-state index in [1.165, 1.54) is 68.6 Å². The highest BCUT2D eigenvalue weighted by Crippen LogP contribution is 2.40. The zero-order valence-corrected chi connectivity index (χ0v) is 86.6. The van der Waals surface area contributed by atoms with E-state index in [9.17, 15) is 43.2 Å². The maximum absolute atomic E-state index is 12.5. The van der Waals surface area contributed by atoms with Crippen LogP contribution < -0.4 is 39.4 Å². The van der Waals surface area contributed by atoms with Gasteiger partial charge in [0.15, 0.2) is 63.5 Å². The molecular formula is C83H86N32O19S10. The van der Waals surface area contributed by atoms with Gasteiger partial charge < -0.3 is 46.2 Å². The predicted molar refractivity (Wildman–Crippen MR) is 539 cm³/mol. The third-order valence-electron chi connectivity index (χ3n) is 17.3. The zero-order chi connectivity index (χ0) is 103. The van der Waals surface area contributed by atoms with Crippen LogP contribution in [0.3, 0.4) is 0 Å². The minimum Gasteiger partial charge on any atom is -0.462 e. The lowest BCUT2D eigenvalue weighted by atomic mass is 9.91. The fourth-order valence-electron chi connectivity index (χ4n) is 10.8. The van der Waals surface area contributed by atoms with Gasteiger partial charge in [0.25, 0.3) is 20.5 Å². The van der Waals surface area contributed by atoms with Crippen LogP contribution in [-0.2, 0) is 26.7 Å². The number of aliphatic hydroxyl groups excluding tert-OH is 1. The third kappa shape index (κ3) is 31.8. The van der Waals surface area contributed by atoms with Crippen molar-refractivity contribution in [3.63, 3.8) is 0 Å². The molecule has 0 unspecified atom stereocenters. The molecule has 0 radical (unpaired) electrons. The van der Waals surface area contributed by atoms with Crippen molar-refractivity contribution < 1.29 is 55.8 Å². The summed E-state index contributed by atoms with van der Waals surface area (Å²) in [4.78, 5) is 105. The summed E-state index contributed by atoms with van der Waals surface area (Å²) < 4.78 is 57.0. The molecule has 0 aliphatic carbocycles. The number of carbonyl (C=O) groups excluding carboxylic acids is 2. The monoisotopic (exact) mass is 2150 g/mol. The molecule has 0 fully saturated rings. The van der Waals surface area contributed by atoms with Crippen LogP contribution in [0.2, 0.25) is 0 Å². The Morgan fingerprint density at radius 3 is 1.51 bits per heavy atom. The first-order chi connectivity index (χ1) is 69.2. The van der Waals surface area contributed by atoms with Crippen LogP contribution in [0.15, 0.2) is 259 Å². The van der Waals surface area contributed by atoms with Crippen LogP contribution in [0.4, 0.5) is 75.3 Å². The molecule has 17 aromatic rings. The summed E-state index contributed by atoms with van der Waals surface area (Å²) in [5.74, 6) is 1.16. The molecule has 0 saturated heterocycles.